The Morgan fingerprint density at radius 3 is 2.70 bits per heavy atom. The highest BCUT2D eigenvalue weighted by molar-refractivity contribution is 7.11. The summed E-state index contributed by atoms with van der Waals surface area (Å²) in [5.74, 6) is -1.34. The number of thiazole rings is 1. The monoisotopic (exact) mass is 476 g/mol. The van der Waals surface area contributed by atoms with Gasteiger partial charge in [0.2, 0.25) is 11.8 Å². The zero-order chi connectivity index (χ0) is 24.0. The number of aryl methyl sites for hydroxylation is 1. The molecule has 0 unspecified atom stereocenters. The smallest absolute Gasteiger partial charge is 0.317 e. The largest absolute Gasteiger partial charge is 0.480 e. The van der Waals surface area contributed by atoms with Crippen molar-refractivity contribution in [1.82, 2.24) is 20.5 Å². The van der Waals surface area contributed by atoms with Crippen molar-refractivity contribution < 1.29 is 19.5 Å². The lowest BCUT2D eigenvalue weighted by atomic mass is 9.84. The van der Waals surface area contributed by atoms with E-state index in [-0.39, 0.29) is 30.7 Å². The van der Waals surface area contributed by atoms with Crippen LogP contribution < -0.4 is 16.4 Å². The summed E-state index contributed by atoms with van der Waals surface area (Å²) < 4.78 is 0. The van der Waals surface area contributed by atoms with Gasteiger partial charge in [-0.05, 0) is 19.3 Å². The normalized spacial score (nSPS) is 19.4. The third-order valence-electron chi connectivity index (χ3n) is 6.11. The highest BCUT2D eigenvalue weighted by Crippen LogP contribution is 2.28. The summed E-state index contributed by atoms with van der Waals surface area (Å²) in [5, 5.41) is 23.0. The number of carboxylic acids is 1. The van der Waals surface area contributed by atoms with Crippen LogP contribution in [0.3, 0.4) is 0 Å². The van der Waals surface area contributed by atoms with E-state index in [0.29, 0.717) is 29.6 Å². The first kappa shape index (κ1) is 24.8. The zero-order valence-electron chi connectivity index (χ0n) is 18.8. The molecule has 6 N–H and O–H groups in total. The number of amides is 2. The Morgan fingerprint density at radius 2 is 2.06 bits per heavy atom. The van der Waals surface area contributed by atoms with E-state index in [0.717, 1.165) is 30.6 Å². The number of nitrogens with two attached hydrogens (primary N) is 1. The topological polar surface area (TPSA) is 162 Å². The number of carbonyl (C=O) groups is 3. The van der Waals surface area contributed by atoms with Gasteiger partial charge in [-0.15, -0.1) is 11.3 Å². The maximum atomic E-state index is 13.3. The van der Waals surface area contributed by atoms with E-state index >= 15 is 0 Å². The fourth-order valence-electron chi connectivity index (χ4n) is 4.46. The number of hydrogen-bond acceptors (Lipinski definition) is 7. The van der Waals surface area contributed by atoms with E-state index < -0.39 is 18.1 Å². The summed E-state index contributed by atoms with van der Waals surface area (Å²) in [6, 6.07) is -1.40. The van der Waals surface area contributed by atoms with Crippen molar-refractivity contribution >= 4 is 35.0 Å². The molecule has 0 bridgehead atoms. The first-order chi connectivity index (χ1) is 15.8. The molecule has 0 spiro atoms. The van der Waals surface area contributed by atoms with Crippen LogP contribution in [0, 0.1) is 18.3 Å². The third kappa shape index (κ3) is 6.61. The first-order valence-corrected chi connectivity index (χ1v) is 12.1. The number of nitrogens with one attached hydrogen (secondary N) is 3. The van der Waals surface area contributed by atoms with Crippen molar-refractivity contribution in [3.8, 4) is 0 Å². The van der Waals surface area contributed by atoms with E-state index in [1.165, 1.54) is 22.7 Å². The molecule has 1 saturated carbocycles. The van der Waals surface area contributed by atoms with Gasteiger partial charge in [0.15, 0.2) is 0 Å². The van der Waals surface area contributed by atoms with Crippen molar-refractivity contribution in [3.63, 3.8) is 0 Å². The van der Waals surface area contributed by atoms with Crippen LogP contribution >= 0.6 is 11.3 Å². The second-order valence-electron chi connectivity index (χ2n) is 8.57. The molecule has 2 atom stereocenters. The molecule has 1 aromatic heterocycles. The Labute approximate surface area is 197 Å². The molecule has 1 aromatic rings. The van der Waals surface area contributed by atoms with Crippen LogP contribution in [0.2, 0.25) is 0 Å². The Kier molecular flexibility index (Phi) is 8.56. The molecule has 2 amide bonds. The summed E-state index contributed by atoms with van der Waals surface area (Å²) >= 11 is 1.36. The highest BCUT2D eigenvalue weighted by atomic mass is 32.1. The van der Waals surface area contributed by atoms with E-state index in [2.05, 4.69) is 15.6 Å². The van der Waals surface area contributed by atoms with E-state index in [4.69, 9.17) is 16.2 Å². The maximum Gasteiger partial charge on any atom is 0.317 e. The van der Waals surface area contributed by atoms with Crippen LogP contribution in [0.25, 0.3) is 0 Å². The van der Waals surface area contributed by atoms with Crippen LogP contribution in [-0.4, -0.2) is 63.8 Å². The number of nitrogen functional groups attached to an aromatic ring is 1. The van der Waals surface area contributed by atoms with Gasteiger partial charge in [-0.3, -0.25) is 25.1 Å². The van der Waals surface area contributed by atoms with Gasteiger partial charge < -0.3 is 21.1 Å². The fourth-order valence-corrected chi connectivity index (χ4v) is 5.35. The standard InChI is InChI=1S/C22H32N6O4S/c1-13-19(20(23)24)27-17(33-13)11-26-21(31)16-8-5-9-28(16)22(32)15(25-12-18(29)30)10-14-6-3-2-4-7-14/h5,8,14-16,25H,2-4,6-7,9-12H2,1H3,(H3,23,24)(H,26,31)(H,29,30)/t15-,16+/m1/s1. The summed E-state index contributed by atoms with van der Waals surface area (Å²) in [6.45, 7) is 1.99. The quantitative estimate of drug-likeness (QED) is 0.192. The Morgan fingerprint density at radius 1 is 1.33 bits per heavy atom. The Balaban J connectivity index is 1.63. The minimum Gasteiger partial charge on any atom is -0.480 e. The lowest BCUT2D eigenvalue weighted by Crippen LogP contribution is -2.53. The number of carboxylic acid groups (broad SMARTS) is 1. The van der Waals surface area contributed by atoms with Gasteiger partial charge in [-0.1, -0.05) is 44.3 Å². The molecular weight excluding hydrogens is 444 g/mol. The van der Waals surface area contributed by atoms with Crippen molar-refractivity contribution in [2.24, 2.45) is 11.7 Å². The van der Waals surface area contributed by atoms with E-state index in [1.807, 2.05) is 6.92 Å². The number of aliphatic carboxylic acids is 1. The Bertz CT molecular complexity index is 924. The number of nitrogens with zero attached hydrogens (tertiary/aromatic N) is 2. The molecule has 1 fully saturated rings. The van der Waals surface area contributed by atoms with Gasteiger partial charge in [0.05, 0.1) is 19.1 Å². The van der Waals surface area contributed by atoms with Gasteiger partial charge in [0, 0.05) is 11.4 Å². The van der Waals surface area contributed by atoms with Gasteiger partial charge in [-0.2, -0.15) is 0 Å². The summed E-state index contributed by atoms with van der Waals surface area (Å²) in [4.78, 5) is 43.9. The molecule has 10 nitrogen and oxygen atoms in total. The van der Waals surface area contributed by atoms with Gasteiger partial charge in [0.25, 0.3) is 0 Å². The number of aromatic nitrogens is 1. The third-order valence-corrected chi connectivity index (χ3v) is 7.08. The molecule has 2 heterocycles. The number of hydrogen-bond donors (Lipinski definition) is 5. The predicted molar refractivity (Wildman–Crippen MR) is 125 cm³/mol. The van der Waals surface area contributed by atoms with E-state index in [9.17, 15) is 14.4 Å². The summed E-state index contributed by atoms with van der Waals surface area (Å²) in [5.41, 5.74) is 5.93. The molecule has 1 aliphatic carbocycles. The average Bonchev–Trinajstić information content (AvgIpc) is 3.42. The molecule has 1 aliphatic heterocycles. The molecule has 2 aliphatic rings. The zero-order valence-corrected chi connectivity index (χ0v) is 19.6. The lowest BCUT2D eigenvalue weighted by molar-refractivity contribution is -0.140. The lowest BCUT2D eigenvalue weighted by Gasteiger charge is -2.31. The van der Waals surface area contributed by atoms with Crippen LogP contribution in [-0.2, 0) is 20.9 Å². The molecular formula is C22H32N6O4S. The van der Waals surface area contributed by atoms with E-state index in [1.54, 1.807) is 12.2 Å². The van der Waals surface area contributed by atoms with Crippen LogP contribution in [0.1, 0.15) is 54.1 Å². The molecule has 0 radical (unpaired) electrons. The minimum atomic E-state index is -1.02. The highest BCUT2D eigenvalue weighted by Gasteiger charge is 2.35. The van der Waals surface area contributed by atoms with Crippen LogP contribution in [0.4, 0.5) is 0 Å². The second-order valence-corrected chi connectivity index (χ2v) is 9.86. The molecule has 33 heavy (non-hydrogen) atoms. The molecule has 0 aromatic carbocycles. The fraction of sp³-hybridized carbons (Fsp3) is 0.591. The number of rotatable bonds is 10. The second kappa shape index (κ2) is 11.4. The average molecular weight is 477 g/mol. The summed E-state index contributed by atoms with van der Waals surface area (Å²) in [6.07, 6.45) is 9.57. The molecule has 11 heteroatoms. The SMILES string of the molecule is Cc1sc(CNC(=O)[C@@H]2C=CCN2C(=O)[C@@H](CC2CCCCC2)NCC(=O)O)nc1C(=N)N. The van der Waals surface area contributed by atoms with Gasteiger partial charge in [-0.25, -0.2) is 4.98 Å². The number of carbonyl (C=O) groups excluding carboxylic acids is 2. The summed E-state index contributed by atoms with van der Waals surface area (Å²) in [7, 11) is 0. The minimum absolute atomic E-state index is 0.116. The van der Waals surface area contributed by atoms with Crippen molar-refractivity contribution in [3.05, 3.63) is 27.7 Å². The van der Waals surface area contributed by atoms with Crippen LogP contribution in [0.5, 0.6) is 0 Å². The van der Waals surface area contributed by atoms with Gasteiger partial charge >= 0.3 is 5.97 Å². The van der Waals surface area contributed by atoms with Gasteiger partial charge in [0.1, 0.15) is 22.6 Å². The molecule has 3 rings (SSSR count). The molecule has 0 saturated heterocycles. The van der Waals surface area contributed by atoms with Crippen molar-refractivity contribution in [1.29, 1.82) is 5.41 Å². The van der Waals surface area contributed by atoms with Crippen molar-refractivity contribution in [2.75, 3.05) is 13.1 Å². The number of amidine groups is 1. The van der Waals surface area contributed by atoms with Crippen LogP contribution in [0.15, 0.2) is 12.2 Å². The first-order valence-electron chi connectivity index (χ1n) is 11.3. The van der Waals surface area contributed by atoms with Crippen molar-refractivity contribution in [2.45, 2.75) is 64.1 Å². The predicted octanol–water partition coefficient (Wildman–Crippen LogP) is 1.13. The molecule has 180 valence electrons. The maximum absolute atomic E-state index is 13.3. The Hall–Kier alpha value is -2.79.